The minimum atomic E-state index is 0.367. The summed E-state index contributed by atoms with van der Waals surface area (Å²) in [7, 11) is 3.83. The summed E-state index contributed by atoms with van der Waals surface area (Å²) in [6.45, 7) is 6.70. The van der Waals surface area contributed by atoms with E-state index in [0.717, 1.165) is 12.3 Å². The van der Waals surface area contributed by atoms with Crippen molar-refractivity contribution >= 4 is 0 Å². The Kier molecular flexibility index (Phi) is 8.20. The van der Waals surface area contributed by atoms with E-state index in [4.69, 9.17) is 4.74 Å². The van der Waals surface area contributed by atoms with E-state index in [0.29, 0.717) is 12.1 Å². The molecule has 0 aliphatic carbocycles. The maximum atomic E-state index is 5.27. The van der Waals surface area contributed by atoms with E-state index in [2.05, 4.69) is 26.1 Å². The van der Waals surface area contributed by atoms with Gasteiger partial charge in [-0.05, 0) is 32.7 Å². The highest BCUT2D eigenvalue weighted by molar-refractivity contribution is 4.68. The van der Waals surface area contributed by atoms with Crippen molar-refractivity contribution in [3.05, 3.63) is 0 Å². The summed E-state index contributed by atoms with van der Waals surface area (Å²) in [6.07, 6.45) is 5.40. The molecule has 0 fully saturated rings. The standard InChI is InChI=1S/C12H27NO/c1-10(2)7-6-8-12(13-4)9-11(3)14-5/h10-13H,6-9H2,1-5H3. The van der Waals surface area contributed by atoms with Crippen LogP contribution in [-0.4, -0.2) is 26.3 Å². The van der Waals surface area contributed by atoms with E-state index < -0.39 is 0 Å². The van der Waals surface area contributed by atoms with Crippen LogP contribution in [0, 0.1) is 5.92 Å². The lowest BCUT2D eigenvalue weighted by Gasteiger charge is -2.20. The summed E-state index contributed by atoms with van der Waals surface area (Å²) in [5.41, 5.74) is 0. The molecule has 0 heterocycles. The first-order valence-corrected chi connectivity index (χ1v) is 5.80. The van der Waals surface area contributed by atoms with Gasteiger partial charge >= 0.3 is 0 Å². The number of hydrogen-bond acceptors (Lipinski definition) is 2. The molecule has 0 saturated heterocycles. The molecule has 2 atom stereocenters. The van der Waals surface area contributed by atoms with Crippen molar-refractivity contribution in [3.63, 3.8) is 0 Å². The Balaban J connectivity index is 3.57. The zero-order chi connectivity index (χ0) is 11.0. The van der Waals surface area contributed by atoms with Crippen LogP contribution < -0.4 is 5.32 Å². The molecular weight excluding hydrogens is 174 g/mol. The quantitative estimate of drug-likeness (QED) is 0.652. The average molecular weight is 201 g/mol. The molecule has 0 bridgehead atoms. The molecule has 0 aromatic rings. The number of hydrogen-bond donors (Lipinski definition) is 1. The highest BCUT2D eigenvalue weighted by atomic mass is 16.5. The Morgan fingerprint density at radius 2 is 1.79 bits per heavy atom. The van der Waals surface area contributed by atoms with Gasteiger partial charge in [0.05, 0.1) is 6.10 Å². The van der Waals surface area contributed by atoms with E-state index >= 15 is 0 Å². The number of ether oxygens (including phenoxy) is 1. The third-order valence-corrected chi connectivity index (χ3v) is 2.76. The molecule has 1 N–H and O–H groups in total. The molecule has 0 aromatic heterocycles. The van der Waals surface area contributed by atoms with Crippen molar-refractivity contribution in [1.29, 1.82) is 0 Å². The Morgan fingerprint density at radius 3 is 2.21 bits per heavy atom. The summed E-state index contributed by atoms with van der Waals surface area (Å²) in [6, 6.07) is 0.615. The van der Waals surface area contributed by atoms with E-state index in [1.807, 2.05) is 7.05 Å². The van der Waals surface area contributed by atoms with Crippen LogP contribution >= 0.6 is 0 Å². The largest absolute Gasteiger partial charge is 0.382 e. The average Bonchev–Trinajstić information content (AvgIpc) is 2.15. The summed E-state index contributed by atoms with van der Waals surface area (Å²) < 4.78 is 5.27. The predicted molar refractivity (Wildman–Crippen MR) is 62.6 cm³/mol. The van der Waals surface area contributed by atoms with Gasteiger partial charge in [-0.3, -0.25) is 0 Å². The Morgan fingerprint density at radius 1 is 1.14 bits per heavy atom. The summed E-state index contributed by atoms with van der Waals surface area (Å²) in [5.74, 6) is 0.826. The van der Waals surface area contributed by atoms with Crippen LogP contribution in [0.4, 0.5) is 0 Å². The Bertz CT molecular complexity index is 125. The maximum absolute atomic E-state index is 5.27. The molecule has 0 saturated carbocycles. The molecule has 0 radical (unpaired) electrons. The van der Waals surface area contributed by atoms with Gasteiger partial charge in [0.15, 0.2) is 0 Å². The molecule has 0 spiro atoms. The molecule has 2 heteroatoms. The molecule has 0 rings (SSSR count). The van der Waals surface area contributed by atoms with Gasteiger partial charge in [0.2, 0.25) is 0 Å². The molecular formula is C12H27NO. The monoisotopic (exact) mass is 201 g/mol. The second kappa shape index (κ2) is 8.25. The van der Waals surface area contributed by atoms with Crippen LogP contribution in [-0.2, 0) is 4.74 Å². The van der Waals surface area contributed by atoms with E-state index in [1.165, 1.54) is 19.3 Å². The van der Waals surface area contributed by atoms with E-state index in [-0.39, 0.29) is 0 Å². The van der Waals surface area contributed by atoms with Gasteiger partial charge in [0.1, 0.15) is 0 Å². The van der Waals surface area contributed by atoms with Crippen LogP contribution in [0.1, 0.15) is 46.5 Å². The number of methoxy groups -OCH3 is 1. The van der Waals surface area contributed by atoms with E-state index in [9.17, 15) is 0 Å². The third-order valence-electron chi connectivity index (χ3n) is 2.76. The molecule has 2 unspecified atom stereocenters. The second-order valence-electron chi connectivity index (χ2n) is 4.59. The molecule has 0 aliphatic rings. The second-order valence-corrected chi connectivity index (χ2v) is 4.59. The van der Waals surface area contributed by atoms with Crippen molar-refractivity contribution < 1.29 is 4.74 Å². The van der Waals surface area contributed by atoms with Gasteiger partial charge in [-0.2, -0.15) is 0 Å². The van der Waals surface area contributed by atoms with Gasteiger partial charge in [-0.25, -0.2) is 0 Å². The number of rotatable bonds is 8. The fourth-order valence-electron chi connectivity index (χ4n) is 1.65. The van der Waals surface area contributed by atoms with Gasteiger partial charge < -0.3 is 10.1 Å². The summed E-state index contributed by atoms with van der Waals surface area (Å²) in [4.78, 5) is 0. The lowest BCUT2D eigenvalue weighted by atomic mass is 10.00. The van der Waals surface area contributed by atoms with Crippen molar-refractivity contribution in [2.24, 2.45) is 5.92 Å². The van der Waals surface area contributed by atoms with Crippen LogP contribution in [0.3, 0.4) is 0 Å². The zero-order valence-corrected chi connectivity index (χ0v) is 10.5. The van der Waals surface area contributed by atoms with Gasteiger partial charge in [0, 0.05) is 13.2 Å². The summed E-state index contributed by atoms with van der Waals surface area (Å²) >= 11 is 0. The molecule has 86 valence electrons. The minimum Gasteiger partial charge on any atom is -0.382 e. The first-order valence-electron chi connectivity index (χ1n) is 5.80. The minimum absolute atomic E-state index is 0.367. The van der Waals surface area contributed by atoms with Crippen molar-refractivity contribution in [3.8, 4) is 0 Å². The summed E-state index contributed by atoms with van der Waals surface area (Å²) in [5, 5.41) is 3.36. The van der Waals surface area contributed by atoms with Crippen LogP contribution in [0.2, 0.25) is 0 Å². The number of nitrogens with one attached hydrogen (secondary N) is 1. The van der Waals surface area contributed by atoms with Crippen LogP contribution in [0.25, 0.3) is 0 Å². The van der Waals surface area contributed by atoms with Gasteiger partial charge in [0.25, 0.3) is 0 Å². The molecule has 0 aromatic carbocycles. The lowest BCUT2D eigenvalue weighted by molar-refractivity contribution is 0.0998. The Hall–Kier alpha value is -0.0800. The first kappa shape index (κ1) is 13.9. The SMILES string of the molecule is CNC(CCCC(C)C)CC(C)OC. The highest BCUT2D eigenvalue weighted by Crippen LogP contribution is 2.12. The molecule has 0 amide bonds. The van der Waals surface area contributed by atoms with Gasteiger partial charge in [-0.15, -0.1) is 0 Å². The third kappa shape index (κ3) is 7.34. The van der Waals surface area contributed by atoms with Gasteiger partial charge in [-0.1, -0.05) is 26.7 Å². The smallest absolute Gasteiger partial charge is 0.0558 e. The maximum Gasteiger partial charge on any atom is 0.0558 e. The first-order chi connectivity index (χ1) is 6.60. The van der Waals surface area contributed by atoms with Crippen molar-refractivity contribution in [2.75, 3.05) is 14.2 Å². The lowest BCUT2D eigenvalue weighted by Crippen LogP contribution is -2.29. The predicted octanol–water partition coefficient (Wildman–Crippen LogP) is 2.83. The highest BCUT2D eigenvalue weighted by Gasteiger charge is 2.10. The topological polar surface area (TPSA) is 21.3 Å². The zero-order valence-electron chi connectivity index (χ0n) is 10.5. The van der Waals surface area contributed by atoms with E-state index in [1.54, 1.807) is 7.11 Å². The molecule has 0 aliphatic heterocycles. The molecule has 2 nitrogen and oxygen atoms in total. The fourth-order valence-corrected chi connectivity index (χ4v) is 1.65. The normalized spacial score (nSPS) is 15.9. The Labute approximate surface area is 89.4 Å². The van der Waals surface area contributed by atoms with Crippen molar-refractivity contribution in [2.45, 2.75) is 58.6 Å². The van der Waals surface area contributed by atoms with Crippen LogP contribution in [0.5, 0.6) is 0 Å². The van der Waals surface area contributed by atoms with Crippen LogP contribution in [0.15, 0.2) is 0 Å². The fraction of sp³-hybridized carbons (Fsp3) is 1.00. The van der Waals surface area contributed by atoms with Crippen molar-refractivity contribution in [1.82, 2.24) is 5.32 Å². The molecule has 14 heavy (non-hydrogen) atoms.